The van der Waals surface area contributed by atoms with Crippen molar-refractivity contribution in [3.8, 4) is 5.75 Å². The van der Waals surface area contributed by atoms with Crippen LogP contribution in [-0.4, -0.2) is 58.9 Å². The number of methoxy groups -OCH3 is 1. The molecule has 1 aromatic heterocycles. The quantitative estimate of drug-likeness (QED) is 0.287. The number of aryl methyl sites for hydroxylation is 1. The molecule has 3 aromatic rings. The number of fused-ring (bicyclic) bond motifs is 1. The van der Waals surface area contributed by atoms with E-state index in [9.17, 15) is 20.1 Å². The van der Waals surface area contributed by atoms with Gasteiger partial charge in [-0.2, -0.15) is 0 Å². The van der Waals surface area contributed by atoms with Gasteiger partial charge < -0.3 is 39.3 Å². The Balaban J connectivity index is 1.54. The van der Waals surface area contributed by atoms with Crippen LogP contribution in [0.3, 0.4) is 0 Å². The molecule has 0 bridgehead atoms. The average Bonchev–Trinajstić information content (AvgIpc) is 2.84. The molecule has 192 valence electrons. The lowest BCUT2D eigenvalue weighted by atomic mass is 9.89. The summed E-state index contributed by atoms with van der Waals surface area (Å²) in [5.41, 5.74) is 0.222. The Bertz CT molecular complexity index is 1290. The largest absolute Gasteiger partial charge is 0.462 e. The molecule has 9 nitrogen and oxygen atoms in total. The Labute approximate surface area is 208 Å². The van der Waals surface area contributed by atoms with Gasteiger partial charge in [0.05, 0.1) is 5.60 Å². The number of anilines is 1. The highest BCUT2D eigenvalue weighted by molar-refractivity contribution is 5.84. The second-order valence-electron chi connectivity index (χ2n) is 9.26. The van der Waals surface area contributed by atoms with Gasteiger partial charge in [-0.15, -0.1) is 0 Å². The smallest absolute Gasteiger partial charge is 0.359 e. The number of ether oxygens (including phenoxy) is 3. The summed E-state index contributed by atoms with van der Waals surface area (Å²) in [4.78, 5) is 12.6. The molecule has 0 aliphatic carbocycles. The average molecular weight is 498 g/mol. The van der Waals surface area contributed by atoms with Crippen LogP contribution < -0.4 is 15.7 Å². The first kappa shape index (κ1) is 25.9. The van der Waals surface area contributed by atoms with Crippen LogP contribution in [0.2, 0.25) is 0 Å². The Morgan fingerprint density at radius 1 is 1.11 bits per heavy atom. The summed E-state index contributed by atoms with van der Waals surface area (Å²) in [6.07, 6.45) is -2.34. The van der Waals surface area contributed by atoms with Crippen molar-refractivity contribution in [2.24, 2.45) is 0 Å². The van der Waals surface area contributed by atoms with Crippen molar-refractivity contribution >= 4 is 22.7 Å². The zero-order chi connectivity index (χ0) is 26.0. The predicted octanol–water partition coefficient (Wildman–Crippen LogP) is 2.80. The van der Waals surface area contributed by atoms with Crippen molar-refractivity contribution in [1.29, 1.82) is 0 Å². The van der Waals surface area contributed by atoms with Gasteiger partial charge in [0.15, 0.2) is 0 Å². The van der Waals surface area contributed by atoms with E-state index in [1.54, 1.807) is 45.0 Å². The molecule has 0 amide bonds. The summed E-state index contributed by atoms with van der Waals surface area (Å²) in [6.45, 7) is 5.17. The summed E-state index contributed by atoms with van der Waals surface area (Å²) in [5, 5.41) is 34.6. The van der Waals surface area contributed by atoms with Crippen LogP contribution in [0.4, 0.5) is 5.69 Å². The van der Waals surface area contributed by atoms with Crippen molar-refractivity contribution in [3.05, 3.63) is 76.2 Å². The van der Waals surface area contributed by atoms with Crippen LogP contribution in [0.15, 0.2) is 63.8 Å². The molecule has 1 aliphatic heterocycles. The van der Waals surface area contributed by atoms with Gasteiger partial charge in [-0.1, -0.05) is 36.4 Å². The Kier molecular flexibility index (Phi) is 7.49. The normalized spacial score (nSPS) is 24.6. The van der Waals surface area contributed by atoms with E-state index in [-0.39, 0.29) is 11.3 Å². The maximum atomic E-state index is 12.6. The molecule has 0 radical (unpaired) electrons. The van der Waals surface area contributed by atoms with Crippen molar-refractivity contribution < 1.29 is 33.9 Å². The maximum absolute atomic E-state index is 12.6. The minimum Gasteiger partial charge on any atom is -0.462 e. The van der Waals surface area contributed by atoms with Gasteiger partial charge in [-0.25, -0.2) is 4.79 Å². The van der Waals surface area contributed by atoms with Crippen LogP contribution in [0.25, 0.3) is 17.0 Å². The molecule has 4 rings (SSSR count). The highest BCUT2D eigenvalue weighted by Crippen LogP contribution is 2.35. The highest BCUT2D eigenvalue weighted by Gasteiger charge is 2.50. The van der Waals surface area contributed by atoms with Crippen LogP contribution in [-0.2, 0) is 9.47 Å². The first-order valence-electron chi connectivity index (χ1n) is 11.6. The van der Waals surface area contributed by atoms with Gasteiger partial charge in [0.1, 0.15) is 41.6 Å². The number of hydrogen-bond donors (Lipinski definition) is 4. The molecule has 1 unspecified atom stereocenters. The van der Waals surface area contributed by atoms with Crippen LogP contribution in [0, 0.1) is 6.92 Å². The zero-order valence-electron chi connectivity index (χ0n) is 20.5. The summed E-state index contributed by atoms with van der Waals surface area (Å²) in [5.74, 6) is 0.320. The molecular weight excluding hydrogens is 466 g/mol. The molecule has 0 spiro atoms. The van der Waals surface area contributed by atoms with Crippen molar-refractivity contribution in [2.75, 3.05) is 12.4 Å². The fourth-order valence-corrected chi connectivity index (χ4v) is 4.34. The standard InChI is InChI=1S/C27H31NO8/c1-15-19(34-26-22(31)21(30)24(33-4)27(2,3)36-26)12-11-17-14-18(25(32)35-23(15)17)28-20(29)13-10-16-8-6-5-7-9-16/h5-14,20-22,24,26,28-31H,1-4H3/b13-10+/t20?,21-,22+,24+,26+/m0/s1. The third-order valence-electron chi connectivity index (χ3n) is 6.22. The van der Waals surface area contributed by atoms with Crippen LogP contribution in [0.1, 0.15) is 25.0 Å². The summed E-state index contributed by atoms with van der Waals surface area (Å²) in [6, 6.07) is 14.4. The van der Waals surface area contributed by atoms with E-state index in [0.717, 1.165) is 5.56 Å². The monoisotopic (exact) mass is 497 g/mol. The first-order chi connectivity index (χ1) is 17.1. The Morgan fingerprint density at radius 3 is 2.53 bits per heavy atom. The zero-order valence-corrected chi connectivity index (χ0v) is 20.5. The molecule has 1 aliphatic rings. The molecule has 9 heteroatoms. The summed E-state index contributed by atoms with van der Waals surface area (Å²) >= 11 is 0. The molecular formula is C27H31NO8. The molecule has 5 atom stereocenters. The predicted molar refractivity (Wildman–Crippen MR) is 135 cm³/mol. The molecule has 4 N–H and O–H groups in total. The molecule has 1 fully saturated rings. The van der Waals surface area contributed by atoms with Gasteiger partial charge in [0.25, 0.3) is 0 Å². The molecule has 0 saturated carbocycles. The third kappa shape index (κ3) is 5.30. The number of rotatable bonds is 7. The molecule has 1 saturated heterocycles. The van der Waals surface area contributed by atoms with E-state index < -0.39 is 42.1 Å². The van der Waals surface area contributed by atoms with Gasteiger partial charge in [0, 0.05) is 18.1 Å². The number of nitrogens with one attached hydrogen (secondary N) is 1. The van der Waals surface area contributed by atoms with Crippen molar-refractivity contribution in [2.45, 2.75) is 57.2 Å². The van der Waals surface area contributed by atoms with E-state index in [4.69, 9.17) is 18.6 Å². The Morgan fingerprint density at radius 2 is 1.83 bits per heavy atom. The minimum absolute atomic E-state index is 0.0993. The van der Waals surface area contributed by atoms with E-state index in [2.05, 4.69) is 5.32 Å². The summed E-state index contributed by atoms with van der Waals surface area (Å²) < 4.78 is 22.6. The van der Waals surface area contributed by atoms with E-state index in [1.165, 1.54) is 13.2 Å². The van der Waals surface area contributed by atoms with Crippen LogP contribution in [0.5, 0.6) is 5.75 Å². The van der Waals surface area contributed by atoms with Gasteiger partial charge in [-0.05, 0) is 50.6 Å². The molecule has 2 aromatic carbocycles. The lowest BCUT2D eigenvalue weighted by Gasteiger charge is -2.46. The van der Waals surface area contributed by atoms with Crippen LogP contribution >= 0.6 is 0 Å². The maximum Gasteiger partial charge on any atom is 0.359 e. The van der Waals surface area contributed by atoms with E-state index in [1.807, 2.05) is 30.3 Å². The van der Waals surface area contributed by atoms with Gasteiger partial charge in [-0.3, -0.25) is 0 Å². The fraction of sp³-hybridized carbons (Fsp3) is 0.370. The van der Waals surface area contributed by atoms with E-state index in [0.29, 0.717) is 16.7 Å². The van der Waals surface area contributed by atoms with Gasteiger partial charge in [0.2, 0.25) is 6.29 Å². The highest BCUT2D eigenvalue weighted by atomic mass is 16.7. The van der Waals surface area contributed by atoms with Gasteiger partial charge >= 0.3 is 5.63 Å². The minimum atomic E-state index is -1.36. The lowest BCUT2D eigenvalue weighted by Crippen LogP contribution is -2.63. The SMILES string of the molecule is CO[C@@H]1[C@@H](O)[C@@H](O)[C@H](Oc2ccc3cc(NC(O)/C=C/c4ccccc4)c(=O)oc3c2C)OC1(C)C. The molecule has 36 heavy (non-hydrogen) atoms. The second-order valence-corrected chi connectivity index (χ2v) is 9.26. The summed E-state index contributed by atoms with van der Waals surface area (Å²) in [7, 11) is 1.43. The lowest BCUT2D eigenvalue weighted by molar-refractivity contribution is -0.306. The third-order valence-corrected chi connectivity index (χ3v) is 6.22. The number of aliphatic hydroxyl groups excluding tert-OH is 3. The first-order valence-corrected chi connectivity index (χ1v) is 11.6. The fourth-order valence-electron chi connectivity index (χ4n) is 4.34. The second kappa shape index (κ2) is 10.4. The topological polar surface area (TPSA) is 131 Å². The van der Waals surface area contributed by atoms with E-state index >= 15 is 0 Å². The number of aliphatic hydroxyl groups is 3. The number of hydrogen-bond acceptors (Lipinski definition) is 9. The van der Waals surface area contributed by atoms with Crippen molar-refractivity contribution in [3.63, 3.8) is 0 Å². The molecule has 2 heterocycles. The Hall–Kier alpha value is -3.21. The van der Waals surface area contributed by atoms with Crippen molar-refractivity contribution in [1.82, 2.24) is 0 Å². The number of benzene rings is 2.